The molecule has 7 heteroatoms. The fourth-order valence-corrected chi connectivity index (χ4v) is 3.34. The zero-order valence-corrected chi connectivity index (χ0v) is 13.4. The largest absolute Gasteiger partial charge is 0.350 e. The highest BCUT2D eigenvalue weighted by Gasteiger charge is 2.12. The summed E-state index contributed by atoms with van der Waals surface area (Å²) in [6.07, 6.45) is 4.38. The molecule has 116 valence electrons. The lowest BCUT2D eigenvalue weighted by Crippen LogP contribution is -2.26. The van der Waals surface area contributed by atoms with Crippen molar-refractivity contribution in [1.29, 1.82) is 0 Å². The monoisotopic (exact) mass is 325 g/mol. The molecular weight excluding hydrogens is 310 g/mol. The number of amides is 1. The number of carbonyl (C=O) groups excluding carboxylic acids is 1. The number of hydrogen-bond acceptors (Lipinski definition) is 4. The zero-order valence-electron chi connectivity index (χ0n) is 12.5. The molecular formula is C16H15N5OS. The summed E-state index contributed by atoms with van der Waals surface area (Å²) in [6.45, 7) is 2.54. The van der Waals surface area contributed by atoms with Crippen LogP contribution in [0.5, 0.6) is 0 Å². The molecule has 0 fully saturated rings. The molecule has 23 heavy (non-hydrogen) atoms. The van der Waals surface area contributed by atoms with Gasteiger partial charge in [-0.3, -0.25) is 9.20 Å². The van der Waals surface area contributed by atoms with Crippen LogP contribution in [0, 0.1) is 6.92 Å². The number of aromatic nitrogens is 4. The molecule has 0 radical (unpaired) electrons. The van der Waals surface area contributed by atoms with Crippen molar-refractivity contribution in [3.8, 4) is 0 Å². The maximum absolute atomic E-state index is 12.1. The Labute approximate surface area is 136 Å². The van der Waals surface area contributed by atoms with Crippen molar-refractivity contribution >= 4 is 33.2 Å². The Morgan fingerprint density at radius 3 is 3.00 bits per heavy atom. The summed E-state index contributed by atoms with van der Waals surface area (Å²) in [5, 5.41) is 2.89. The fourth-order valence-electron chi connectivity index (χ4n) is 2.53. The molecule has 3 heterocycles. The van der Waals surface area contributed by atoms with Crippen LogP contribution in [0.4, 0.5) is 0 Å². The first-order valence-corrected chi connectivity index (χ1v) is 8.18. The molecule has 1 aromatic carbocycles. The first-order valence-electron chi connectivity index (χ1n) is 7.36. The zero-order chi connectivity index (χ0) is 15.8. The topological polar surface area (TPSA) is 75.1 Å². The molecule has 0 aliphatic carbocycles. The minimum atomic E-state index is -0.158. The third kappa shape index (κ3) is 2.70. The van der Waals surface area contributed by atoms with Crippen molar-refractivity contribution in [2.75, 3.05) is 6.54 Å². The molecule has 0 aliphatic rings. The molecule has 4 rings (SSSR count). The number of fused-ring (bicyclic) bond motifs is 2. The number of aromatic amines is 1. The second kappa shape index (κ2) is 5.51. The van der Waals surface area contributed by atoms with Crippen molar-refractivity contribution in [3.05, 3.63) is 53.1 Å². The van der Waals surface area contributed by atoms with E-state index in [0.717, 1.165) is 21.8 Å². The lowest BCUT2D eigenvalue weighted by atomic mass is 10.3. The smallest absolute Gasteiger partial charge is 0.271 e. The van der Waals surface area contributed by atoms with Crippen molar-refractivity contribution in [3.63, 3.8) is 0 Å². The van der Waals surface area contributed by atoms with Crippen LogP contribution < -0.4 is 5.32 Å². The Kier molecular flexibility index (Phi) is 3.34. The molecule has 1 amide bonds. The molecule has 2 N–H and O–H groups in total. The number of para-hydroxylation sites is 2. The summed E-state index contributed by atoms with van der Waals surface area (Å²) >= 11 is 1.57. The van der Waals surface area contributed by atoms with Crippen LogP contribution in [0.15, 0.2) is 36.7 Å². The van der Waals surface area contributed by atoms with Gasteiger partial charge in [-0.25, -0.2) is 9.97 Å². The molecule has 0 unspecified atom stereocenters. The van der Waals surface area contributed by atoms with Gasteiger partial charge in [0.05, 0.1) is 11.0 Å². The quantitative estimate of drug-likeness (QED) is 0.605. The minimum absolute atomic E-state index is 0.158. The summed E-state index contributed by atoms with van der Waals surface area (Å²) in [6, 6.07) is 7.89. The lowest BCUT2D eigenvalue weighted by Gasteiger charge is -2.00. The van der Waals surface area contributed by atoms with E-state index in [1.54, 1.807) is 17.5 Å². The van der Waals surface area contributed by atoms with Crippen LogP contribution in [-0.4, -0.2) is 31.8 Å². The Morgan fingerprint density at radius 1 is 1.30 bits per heavy atom. The first kappa shape index (κ1) is 14.0. The van der Waals surface area contributed by atoms with Crippen molar-refractivity contribution < 1.29 is 4.79 Å². The van der Waals surface area contributed by atoms with Gasteiger partial charge in [0.15, 0.2) is 4.96 Å². The Morgan fingerprint density at radius 2 is 2.17 bits per heavy atom. The number of nitrogens with zero attached hydrogens (tertiary/aromatic N) is 3. The van der Waals surface area contributed by atoms with Gasteiger partial charge in [-0.05, 0) is 19.1 Å². The van der Waals surface area contributed by atoms with Crippen LogP contribution in [0.25, 0.3) is 16.0 Å². The van der Waals surface area contributed by atoms with Gasteiger partial charge in [-0.15, -0.1) is 11.3 Å². The van der Waals surface area contributed by atoms with Gasteiger partial charge in [0.2, 0.25) is 0 Å². The number of thiazole rings is 1. The average Bonchev–Trinajstić information content (AvgIpc) is 3.18. The van der Waals surface area contributed by atoms with E-state index in [9.17, 15) is 4.79 Å². The first-order chi connectivity index (χ1) is 11.2. The summed E-state index contributed by atoms with van der Waals surface area (Å²) in [5.41, 5.74) is 2.40. The van der Waals surface area contributed by atoms with Gasteiger partial charge in [-0.2, -0.15) is 0 Å². The average molecular weight is 325 g/mol. The summed E-state index contributed by atoms with van der Waals surface area (Å²) in [4.78, 5) is 26.2. The van der Waals surface area contributed by atoms with Gasteiger partial charge in [0.25, 0.3) is 5.91 Å². The van der Waals surface area contributed by atoms with Crippen LogP contribution in [0.1, 0.15) is 21.2 Å². The number of rotatable bonds is 4. The Balaban J connectivity index is 1.39. The lowest BCUT2D eigenvalue weighted by molar-refractivity contribution is 0.0949. The van der Waals surface area contributed by atoms with E-state index in [0.29, 0.717) is 18.7 Å². The SMILES string of the molecule is Cc1cn2cc(C(=O)NCCc3nc4ccccc4[nH]3)nc2s1. The second-order valence-corrected chi connectivity index (χ2v) is 6.58. The molecule has 0 spiro atoms. The molecule has 0 atom stereocenters. The number of hydrogen-bond donors (Lipinski definition) is 2. The molecule has 0 aliphatic heterocycles. The molecule has 0 bridgehead atoms. The van der Waals surface area contributed by atoms with E-state index in [1.807, 2.05) is 41.8 Å². The van der Waals surface area contributed by atoms with E-state index in [1.165, 1.54) is 4.88 Å². The molecule has 3 aromatic heterocycles. The normalized spacial score (nSPS) is 11.3. The summed E-state index contributed by atoms with van der Waals surface area (Å²) < 4.78 is 1.88. The second-order valence-electron chi connectivity index (χ2n) is 5.36. The number of aryl methyl sites for hydroxylation is 1. The predicted molar refractivity (Wildman–Crippen MR) is 89.9 cm³/mol. The van der Waals surface area contributed by atoms with Gasteiger partial charge in [0, 0.05) is 30.2 Å². The standard InChI is InChI=1S/C16H15N5OS/c1-10-8-21-9-13(20-16(21)23-10)15(22)17-7-6-14-18-11-4-2-3-5-12(11)19-14/h2-5,8-9H,6-7H2,1H3,(H,17,22)(H,18,19). The Hall–Kier alpha value is -2.67. The van der Waals surface area contributed by atoms with Gasteiger partial charge in [0.1, 0.15) is 11.5 Å². The fraction of sp³-hybridized carbons (Fsp3) is 0.188. The number of carbonyl (C=O) groups is 1. The van der Waals surface area contributed by atoms with E-state index in [2.05, 4.69) is 20.3 Å². The number of imidazole rings is 2. The maximum atomic E-state index is 12.1. The van der Waals surface area contributed by atoms with Crippen molar-refractivity contribution in [2.45, 2.75) is 13.3 Å². The van der Waals surface area contributed by atoms with Crippen LogP contribution in [-0.2, 0) is 6.42 Å². The molecule has 4 aromatic rings. The van der Waals surface area contributed by atoms with Gasteiger partial charge < -0.3 is 10.3 Å². The van der Waals surface area contributed by atoms with Crippen molar-refractivity contribution in [2.24, 2.45) is 0 Å². The third-order valence-corrected chi connectivity index (χ3v) is 4.50. The number of benzene rings is 1. The highest BCUT2D eigenvalue weighted by atomic mass is 32.1. The van der Waals surface area contributed by atoms with Crippen LogP contribution in [0.3, 0.4) is 0 Å². The van der Waals surface area contributed by atoms with E-state index in [4.69, 9.17) is 0 Å². The summed E-state index contributed by atoms with van der Waals surface area (Å²) in [7, 11) is 0. The molecule has 0 saturated carbocycles. The van der Waals surface area contributed by atoms with Crippen LogP contribution >= 0.6 is 11.3 Å². The third-order valence-electron chi connectivity index (χ3n) is 3.59. The maximum Gasteiger partial charge on any atom is 0.271 e. The van der Waals surface area contributed by atoms with Crippen LogP contribution in [0.2, 0.25) is 0 Å². The van der Waals surface area contributed by atoms with E-state index >= 15 is 0 Å². The van der Waals surface area contributed by atoms with E-state index in [-0.39, 0.29) is 5.91 Å². The summed E-state index contributed by atoms with van der Waals surface area (Å²) in [5.74, 6) is 0.711. The highest BCUT2D eigenvalue weighted by Crippen LogP contribution is 2.16. The Bertz CT molecular complexity index is 932. The van der Waals surface area contributed by atoms with Crippen molar-refractivity contribution in [1.82, 2.24) is 24.7 Å². The minimum Gasteiger partial charge on any atom is -0.350 e. The van der Waals surface area contributed by atoms with Gasteiger partial charge >= 0.3 is 0 Å². The van der Waals surface area contributed by atoms with E-state index < -0.39 is 0 Å². The highest BCUT2D eigenvalue weighted by molar-refractivity contribution is 7.17. The number of H-pyrrole nitrogens is 1. The van der Waals surface area contributed by atoms with Gasteiger partial charge in [-0.1, -0.05) is 12.1 Å². The molecule has 0 saturated heterocycles. The molecule has 6 nitrogen and oxygen atoms in total. The predicted octanol–water partition coefficient (Wildman–Crippen LogP) is 2.55. The number of nitrogens with one attached hydrogen (secondary N) is 2.